The van der Waals surface area contributed by atoms with Gasteiger partial charge < -0.3 is 19.5 Å². The maximum Gasteiger partial charge on any atom is 0.306 e. The van der Waals surface area contributed by atoms with Crippen molar-refractivity contribution in [2.24, 2.45) is 5.92 Å². The molecule has 0 aromatic heterocycles. The molecular formula is C16H30BNO5. The predicted octanol–water partition coefficient (Wildman–Crippen LogP) is 0.622. The average Bonchev–Trinajstić information content (AvgIpc) is 2.80. The van der Waals surface area contributed by atoms with Crippen molar-refractivity contribution in [3.63, 3.8) is 0 Å². The van der Waals surface area contributed by atoms with Gasteiger partial charge in [0, 0.05) is 13.5 Å². The summed E-state index contributed by atoms with van der Waals surface area (Å²) in [5.74, 6) is -0.195. The minimum atomic E-state index is -0.423. The third-order valence-electron chi connectivity index (χ3n) is 4.36. The van der Waals surface area contributed by atoms with Crippen molar-refractivity contribution in [1.82, 2.24) is 5.32 Å². The Kier molecular flexibility index (Phi) is 8.05. The molecular weight excluding hydrogens is 297 g/mol. The van der Waals surface area contributed by atoms with Gasteiger partial charge >= 0.3 is 5.97 Å². The van der Waals surface area contributed by atoms with Crippen LogP contribution in [0.5, 0.6) is 0 Å². The fourth-order valence-corrected chi connectivity index (χ4v) is 2.53. The first-order valence-corrected chi connectivity index (χ1v) is 8.51. The molecule has 5 atom stereocenters. The Balaban J connectivity index is 2.68. The number of hydrogen-bond acceptors (Lipinski definition) is 5. The highest BCUT2D eigenvalue weighted by molar-refractivity contribution is 6.11. The van der Waals surface area contributed by atoms with E-state index >= 15 is 0 Å². The van der Waals surface area contributed by atoms with Crippen LogP contribution in [0.15, 0.2) is 0 Å². The molecule has 1 N–H and O–H groups in total. The number of ether oxygens (including phenoxy) is 3. The lowest BCUT2D eigenvalue weighted by molar-refractivity contribution is -0.161. The summed E-state index contributed by atoms with van der Waals surface area (Å²) in [6.07, 6.45) is 0.117. The van der Waals surface area contributed by atoms with Gasteiger partial charge in [0.05, 0.1) is 24.6 Å². The SMILES string of the molecule is B[C@@H]1O[C@H](CC)C(OC(=O)CCC(=O)NC)[C@@H]1O[C@H](C)C(C)C. The van der Waals surface area contributed by atoms with Crippen molar-refractivity contribution in [2.45, 2.75) is 77.4 Å². The molecule has 6 nitrogen and oxygen atoms in total. The number of carbonyl (C=O) groups excluding carboxylic acids is 2. The Morgan fingerprint density at radius 1 is 1.22 bits per heavy atom. The second kappa shape index (κ2) is 9.28. The van der Waals surface area contributed by atoms with Gasteiger partial charge in [-0.15, -0.1) is 0 Å². The van der Waals surface area contributed by atoms with Crippen LogP contribution in [0.3, 0.4) is 0 Å². The van der Waals surface area contributed by atoms with E-state index in [1.165, 1.54) is 0 Å². The summed E-state index contributed by atoms with van der Waals surface area (Å²) >= 11 is 0. The smallest absolute Gasteiger partial charge is 0.306 e. The molecule has 1 rings (SSSR count). The first kappa shape index (κ1) is 20.0. The van der Waals surface area contributed by atoms with E-state index in [2.05, 4.69) is 19.2 Å². The molecule has 0 radical (unpaired) electrons. The molecule has 1 saturated heterocycles. The maximum atomic E-state index is 12.0. The van der Waals surface area contributed by atoms with Gasteiger partial charge in [-0.25, -0.2) is 0 Å². The summed E-state index contributed by atoms with van der Waals surface area (Å²) in [4.78, 5) is 23.3. The summed E-state index contributed by atoms with van der Waals surface area (Å²) in [6, 6.07) is -0.127. The third-order valence-corrected chi connectivity index (χ3v) is 4.36. The quantitative estimate of drug-likeness (QED) is 0.523. The number of carbonyl (C=O) groups is 2. The Morgan fingerprint density at radius 3 is 2.39 bits per heavy atom. The van der Waals surface area contributed by atoms with Gasteiger partial charge in [-0.2, -0.15) is 0 Å². The van der Waals surface area contributed by atoms with E-state index in [0.717, 1.165) is 6.42 Å². The van der Waals surface area contributed by atoms with Crippen LogP contribution in [0.1, 0.15) is 47.0 Å². The van der Waals surface area contributed by atoms with E-state index in [9.17, 15) is 9.59 Å². The van der Waals surface area contributed by atoms with Crippen molar-refractivity contribution in [3.05, 3.63) is 0 Å². The molecule has 0 bridgehead atoms. The fraction of sp³-hybridized carbons (Fsp3) is 0.875. The van der Waals surface area contributed by atoms with Crippen molar-refractivity contribution in [3.8, 4) is 0 Å². The molecule has 0 spiro atoms. The fourth-order valence-electron chi connectivity index (χ4n) is 2.53. The summed E-state index contributed by atoms with van der Waals surface area (Å²) in [6.45, 7) is 8.19. The first-order valence-electron chi connectivity index (χ1n) is 8.51. The van der Waals surface area contributed by atoms with Crippen LogP contribution in [0.25, 0.3) is 0 Å². The molecule has 1 fully saturated rings. The van der Waals surface area contributed by atoms with Crippen molar-refractivity contribution in [1.29, 1.82) is 0 Å². The normalized spacial score (nSPS) is 28.6. The Hall–Kier alpha value is -1.08. The monoisotopic (exact) mass is 327 g/mol. The van der Waals surface area contributed by atoms with Crippen LogP contribution in [0.4, 0.5) is 0 Å². The standard InChI is InChI=1S/C16H30BNO5/c1-6-11-14(23-13(20)8-7-12(19)18-5)15(16(17)22-11)21-10(4)9(2)3/h9-11,14-16H,6-8,17H2,1-5H3,(H,18,19)/t10-,11-,14?,15+,16-/m1/s1. The molecule has 1 amide bonds. The van der Waals surface area contributed by atoms with Gasteiger partial charge in [-0.1, -0.05) is 20.8 Å². The van der Waals surface area contributed by atoms with E-state index in [4.69, 9.17) is 14.2 Å². The third kappa shape index (κ3) is 5.81. The zero-order valence-electron chi connectivity index (χ0n) is 15.1. The molecule has 0 aliphatic carbocycles. The van der Waals surface area contributed by atoms with E-state index in [1.54, 1.807) is 7.05 Å². The van der Waals surface area contributed by atoms with E-state index in [0.29, 0.717) is 5.92 Å². The zero-order chi connectivity index (χ0) is 17.6. The number of hydrogen-bond donors (Lipinski definition) is 1. The molecule has 0 aromatic rings. The number of nitrogens with one attached hydrogen (secondary N) is 1. The highest BCUT2D eigenvalue weighted by atomic mass is 16.6. The van der Waals surface area contributed by atoms with Crippen LogP contribution in [-0.2, 0) is 23.8 Å². The van der Waals surface area contributed by atoms with E-state index in [1.807, 2.05) is 21.7 Å². The second-order valence-electron chi connectivity index (χ2n) is 6.47. The van der Waals surface area contributed by atoms with Crippen molar-refractivity contribution >= 4 is 19.7 Å². The summed E-state index contributed by atoms with van der Waals surface area (Å²) < 4.78 is 17.6. The highest BCUT2D eigenvalue weighted by Gasteiger charge is 2.45. The summed E-state index contributed by atoms with van der Waals surface area (Å²) in [7, 11) is 3.49. The molecule has 1 aliphatic rings. The van der Waals surface area contributed by atoms with Gasteiger partial charge in [0.25, 0.3) is 0 Å². The predicted molar refractivity (Wildman–Crippen MR) is 89.8 cm³/mol. The molecule has 132 valence electrons. The minimum Gasteiger partial charge on any atom is -0.457 e. The van der Waals surface area contributed by atoms with Crippen LogP contribution in [0.2, 0.25) is 0 Å². The number of amides is 1. The Bertz CT molecular complexity index is 404. The molecule has 23 heavy (non-hydrogen) atoms. The summed E-state index contributed by atoms with van der Waals surface area (Å²) in [5.41, 5.74) is 0. The molecule has 1 unspecified atom stereocenters. The van der Waals surface area contributed by atoms with Gasteiger partial charge in [-0.05, 0) is 19.3 Å². The first-order chi connectivity index (χ1) is 10.8. The lowest BCUT2D eigenvalue weighted by atomic mass is 9.92. The number of esters is 1. The van der Waals surface area contributed by atoms with Gasteiger partial charge in [-0.3, -0.25) is 9.59 Å². The van der Waals surface area contributed by atoms with Crippen molar-refractivity contribution < 1.29 is 23.8 Å². The van der Waals surface area contributed by atoms with Gasteiger partial charge in [0.15, 0.2) is 6.10 Å². The van der Waals surface area contributed by atoms with Gasteiger partial charge in [0.1, 0.15) is 14.0 Å². The van der Waals surface area contributed by atoms with Crippen molar-refractivity contribution in [2.75, 3.05) is 7.05 Å². The van der Waals surface area contributed by atoms with Gasteiger partial charge in [0.2, 0.25) is 5.91 Å². The topological polar surface area (TPSA) is 73.9 Å². The van der Waals surface area contributed by atoms with Crippen LogP contribution < -0.4 is 5.32 Å². The van der Waals surface area contributed by atoms with E-state index < -0.39 is 6.10 Å². The number of rotatable bonds is 8. The lowest BCUT2D eigenvalue weighted by Gasteiger charge is -2.28. The van der Waals surface area contributed by atoms with Crippen LogP contribution >= 0.6 is 0 Å². The highest BCUT2D eigenvalue weighted by Crippen LogP contribution is 2.29. The molecule has 7 heteroatoms. The maximum absolute atomic E-state index is 12.0. The van der Waals surface area contributed by atoms with Crippen LogP contribution in [-0.4, -0.2) is 57.2 Å². The summed E-state index contributed by atoms with van der Waals surface area (Å²) in [5, 5.41) is 2.49. The molecule has 0 aromatic carbocycles. The second-order valence-corrected chi connectivity index (χ2v) is 6.47. The molecule has 1 aliphatic heterocycles. The molecule has 1 heterocycles. The van der Waals surface area contributed by atoms with Crippen LogP contribution in [0, 0.1) is 5.92 Å². The Morgan fingerprint density at radius 2 is 1.87 bits per heavy atom. The largest absolute Gasteiger partial charge is 0.457 e. The Labute approximate surface area is 140 Å². The minimum absolute atomic E-state index is 0.0497. The zero-order valence-corrected chi connectivity index (χ0v) is 15.1. The average molecular weight is 327 g/mol. The van der Waals surface area contributed by atoms with E-state index in [-0.39, 0.29) is 49.0 Å². The molecule has 0 saturated carbocycles. The lowest BCUT2D eigenvalue weighted by Crippen LogP contribution is -2.42.